The third kappa shape index (κ3) is 3.45. The molecule has 0 amide bonds. The molecule has 1 aromatic rings. The molecule has 0 spiro atoms. The molecule has 1 aliphatic rings. The second-order valence-corrected chi connectivity index (χ2v) is 6.97. The van der Waals surface area contributed by atoms with Gasteiger partial charge < -0.3 is 0 Å². The Morgan fingerprint density at radius 3 is 2.58 bits per heavy atom. The Morgan fingerprint density at radius 1 is 1.32 bits per heavy atom. The maximum atomic E-state index is 11.4. The summed E-state index contributed by atoms with van der Waals surface area (Å²) in [5.41, 5.74) is 0.350. The summed E-state index contributed by atoms with van der Waals surface area (Å²) in [6.07, 6.45) is 0.226. The van der Waals surface area contributed by atoms with Crippen LogP contribution in [0.2, 0.25) is 4.82 Å². The molecule has 2 rings (SSSR count). The van der Waals surface area contributed by atoms with E-state index in [2.05, 4.69) is 4.74 Å². The number of ether oxygens (including phenoxy) is 1. The van der Waals surface area contributed by atoms with Gasteiger partial charge in [0.2, 0.25) is 0 Å². The fraction of sp³-hybridized carbons (Fsp3) is 0.357. The van der Waals surface area contributed by atoms with Gasteiger partial charge >= 0.3 is 118 Å². The number of rotatable bonds is 3. The van der Waals surface area contributed by atoms with E-state index in [1.165, 1.54) is 13.2 Å². The Morgan fingerprint density at radius 2 is 2.00 bits per heavy atom. The third-order valence-corrected chi connectivity index (χ3v) is 5.94. The number of carbonyl (C=O) groups excluding carboxylic acids is 1. The van der Waals surface area contributed by atoms with Crippen LogP contribution in [-0.2, 0) is 9.53 Å². The van der Waals surface area contributed by atoms with Crippen molar-refractivity contribution < 1.29 is 19.7 Å². The molecule has 5 heteroatoms. The van der Waals surface area contributed by atoms with Gasteiger partial charge in [-0.15, -0.1) is 0 Å². The molecule has 0 saturated carbocycles. The monoisotopic (exact) mass is 328 g/mol. The minimum atomic E-state index is -0.807. The number of benzene rings is 1. The molecule has 0 radical (unpaired) electrons. The predicted octanol–water partition coefficient (Wildman–Crippen LogP) is 0.0295. The second kappa shape index (κ2) is 6.35. The van der Waals surface area contributed by atoms with E-state index in [4.69, 9.17) is 0 Å². The van der Waals surface area contributed by atoms with Crippen LogP contribution in [0.3, 0.4) is 0 Å². The molecule has 19 heavy (non-hydrogen) atoms. The van der Waals surface area contributed by atoms with Crippen molar-refractivity contribution in [1.29, 1.82) is 0 Å². The fourth-order valence-corrected chi connectivity index (χ4v) is 4.33. The quantitative estimate of drug-likeness (QED) is 0.607. The van der Waals surface area contributed by atoms with Crippen LogP contribution in [-0.4, -0.2) is 50.5 Å². The number of aliphatic hydroxyl groups is 2. The molecule has 3 atom stereocenters. The zero-order valence-electron chi connectivity index (χ0n) is 10.5. The second-order valence-electron chi connectivity index (χ2n) is 4.34. The van der Waals surface area contributed by atoms with Gasteiger partial charge in [-0.05, 0) is 0 Å². The first-order valence-corrected chi connectivity index (χ1v) is 7.83. The summed E-state index contributed by atoms with van der Waals surface area (Å²) >= 11 is -0.0434. The third-order valence-electron chi connectivity index (χ3n) is 2.98. The molecule has 0 saturated heterocycles. The van der Waals surface area contributed by atoms with Crippen LogP contribution in [0.1, 0.15) is 6.42 Å². The fourth-order valence-electron chi connectivity index (χ4n) is 2.03. The van der Waals surface area contributed by atoms with Crippen molar-refractivity contribution in [2.24, 2.45) is 0 Å². The van der Waals surface area contributed by atoms with Crippen molar-refractivity contribution in [2.75, 3.05) is 7.11 Å². The molecule has 0 aromatic heterocycles. The molecule has 0 aliphatic heterocycles. The van der Waals surface area contributed by atoms with Gasteiger partial charge in [-0.25, -0.2) is 0 Å². The Bertz CT molecular complexity index is 472. The predicted molar refractivity (Wildman–Crippen MR) is 72.3 cm³/mol. The maximum absolute atomic E-state index is 11.4. The average molecular weight is 327 g/mol. The summed E-state index contributed by atoms with van der Waals surface area (Å²) in [5, 5.41) is 20.2. The van der Waals surface area contributed by atoms with Gasteiger partial charge in [0.25, 0.3) is 0 Å². The van der Waals surface area contributed by atoms with Crippen LogP contribution in [0.15, 0.2) is 42.0 Å². The Labute approximate surface area is 118 Å². The summed E-state index contributed by atoms with van der Waals surface area (Å²) in [4.78, 5) is 11.2. The van der Waals surface area contributed by atoms with Crippen molar-refractivity contribution in [3.8, 4) is 0 Å². The molecule has 102 valence electrons. The summed E-state index contributed by atoms with van der Waals surface area (Å²) < 4.78 is 5.73. The summed E-state index contributed by atoms with van der Waals surface area (Å²) in [6.45, 7) is 0. The molecule has 2 N–H and O–H groups in total. The molecule has 0 heterocycles. The van der Waals surface area contributed by atoms with Crippen LogP contribution >= 0.6 is 0 Å². The molecule has 4 nitrogen and oxygen atoms in total. The van der Waals surface area contributed by atoms with Crippen molar-refractivity contribution >= 4 is 25.4 Å². The molecule has 0 unspecified atom stereocenters. The first-order chi connectivity index (χ1) is 9.11. The zero-order chi connectivity index (χ0) is 13.8. The number of esters is 1. The molecule has 1 aliphatic carbocycles. The van der Waals surface area contributed by atoms with E-state index in [-0.39, 0.29) is 26.2 Å². The minimum absolute atomic E-state index is 0.0434. The molecule has 0 bridgehead atoms. The van der Waals surface area contributed by atoms with Crippen molar-refractivity contribution in [3.05, 3.63) is 42.0 Å². The number of carbonyl (C=O) groups is 1. The Balaban J connectivity index is 2.11. The molecular weight excluding hydrogens is 311 g/mol. The Hall–Kier alpha value is -1.13. The first-order valence-electron chi connectivity index (χ1n) is 5.98. The molecule has 1 aromatic carbocycles. The van der Waals surface area contributed by atoms with Crippen LogP contribution in [0.4, 0.5) is 0 Å². The SMILES string of the molecule is COC(=O)C1=C[C@H](O)[C@@H]([Se]c2ccccc2)[C@H](O)C1. The van der Waals surface area contributed by atoms with E-state index in [0.29, 0.717) is 5.57 Å². The standard InChI is InChI=1S/C14H16O4Se/c1-18-14(17)9-7-11(15)13(12(16)8-9)19-10-5-3-2-4-6-10/h2-7,11-13,15-16H,8H2,1H3/t11-,12+,13+/m0/s1. The molecular formula is C14H16O4Se. The van der Waals surface area contributed by atoms with E-state index >= 15 is 0 Å². The van der Waals surface area contributed by atoms with Gasteiger partial charge in [0.15, 0.2) is 0 Å². The summed E-state index contributed by atoms with van der Waals surface area (Å²) in [7, 11) is 1.29. The average Bonchev–Trinajstić information content (AvgIpc) is 2.43. The van der Waals surface area contributed by atoms with Gasteiger partial charge in [0.05, 0.1) is 0 Å². The number of methoxy groups -OCH3 is 1. The van der Waals surface area contributed by atoms with E-state index in [1.54, 1.807) is 0 Å². The van der Waals surface area contributed by atoms with E-state index in [9.17, 15) is 15.0 Å². The normalized spacial score (nSPS) is 26.7. The van der Waals surface area contributed by atoms with E-state index in [1.807, 2.05) is 30.3 Å². The van der Waals surface area contributed by atoms with Gasteiger partial charge in [-0.1, -0.05) is 0 Å². The topological polar surface area (TPSA) is 66.8 Å². The summed E-state index contributed by atoms with van der Waals surface area (Å²) in [5.74, 6) is -0.483. The first kappa shape index (κ1) is 14.3. The van der Waals surface area contributed by atoms with Crippen molar-refractivity contribution in [2.45, 2.75) is 23.4 Å². The van der Waals surface area contributed by atoms with Crippen LogP contribution in [0.25, 0.3) is 0 Å². The Kier molecular flexibility index (Phi) is 4.77. The number of aliphatic hydroxyl groups excluding tert-OH is 2. The van der Waals surface area contributed by atoms with Crippen LogP contribution in [0.5, 0.6) is 0 Å². The van der Waals surface area contributed by atoms with Gasteiger partial charge in [-0.3, -0.25) is 0 Å². The number of hydrogen-bond acceptors (Lipinski definition) is 4. The van der Waals surface area contributed by atoms with Gasteiger partial charge in [0.1, 0.15) is 0 Å². The van der Waals surface area contributed by atoms with Gasteiger partial charge in [0, 0.05) is 0 Å². The molecule has 0 fully saturated rings. The van der Waals surface area contributed by atoms with Crippen molar-refractivity contribution in [3.63, 3.8) is 0 Å². The number of hydrogen-bond donors (Lipinski definition) is 2. The van der Waals surface area contributed by atoms with E-state index in [0.717, 1.165) is 4.46 Å². The van der Waals surface area contributed by atoms with Crippen LogP contribution < -0.4 is 4.46 Å². The van der Waals surface area contributed by atoms with Gasteiger partial charge in [-0.2, -0.15) is 0 Å². The van der Waals surface area contributed by atoms with Crippen LogP contribution in [0, 0.1) is 0 Å². The summed E-state index contributed by atoms with van der Waals surface area (Å²) in [6, 6.07) is 9.78. The van der Waals surface area contributed by atoms with E-state index < -0.39 is 18.2 Å². The zero-order valence-corrected chi connectivity index (χ0v) is 12.2. The van der Waals surface area contributed by atoms with Crippen molar-refractivity contribution in [1.82, 2.24) is 0 Å².